The molecular formula is C21H17N3OS. The molecule has 4 aromatic rings. The maximum atomic E-state index is 12.4. The van der Waals surface area contributed by atoms with Crippen LogP contribution in [0.1, 0.15) is 15.9 Å². The molecule has 26 heavy (non-hydrogen) atoms. The number of aromatic nitrogens is 2. The fraction of sp³-hybridized carbons (Fsp3) is 0.0476. The monoisotopic (exact) mass is 359 g/mol. The fourth-order valence-corrected chi connectivity index (χ4v) is 3.41. The molecule has 0 aliphatic rings. The Balaban J connectivity index is 1.42. The number of thiophene rings is 1. The Kier molecular flexibility index (Phi) is 4.62. The van der Waals surface area contributed by atoms with Crippen LogP contribution in [-0.4, -0.2) is 15.5 Å². The molecule has 0 saturated heterocycles. The molecule has 0 radical (unpaired) electrons. The molecule has 3 heterocycles. The fourth-order valence-electron chi connectivity index (χ4n) is 2.75. The van der Waals surface area contributed by atoms with Crippen molar-refractivity contribution in [3.8, 4) is 16.8 Å². The minimum absolute atomic E-state index is 0.0926. The molecular weight excluding hydrogens is 342 g/mol. The lowest BCUT2D eigenvalue weighted by Crippen LogP contribution is -2.22. The van der Waals surface area contributed by atoms with E-state index in [0.717, 1.165) is 22.4 Å². The first kappa shape index (κ1) is 16.3. The predicted octanol–water partition coefficient (Wildman–Crippen LogP) is 4.53. The van der Waals surface area contributed by atoms with E-state index < -0.39 is 0 Å². The molecule has 1 aromatic carbocycles. The van der Waals surface area contributed by atoms with Crippen LogP contribution in [0.3, 0.4) is 0 Å². The zero-order chi connectivity index (χ0) is 17.8. The van der Waals surface area contributed by atoms with Crippen molar-refractivity contribution in [2.75, 3.05) is 0 Å². The summed E-state index contributed by atoms with van der Waals surface area (Å²) in [5.41, 5.74) is 4.86. The van der Waals surface area contributed by atoms with Gasteiger partial charge in [-0.05, 0) is 70.4 Å². The average molecular weight is 359 g/mol. The van der Waals surface area contributed by atoms with Gasteiger partial charge in [0.1, 0.15) is 0 Å². The summed E-state index contributed by atoms with van der Waals surface area (Å²) in [6.45, 7) is 0.448. The number of amides is 1. The van der Waals surface area contributed by atoms with Gasteiger partial charge in [-0.2, -0.15) is 11.3 Å². The van der Waals surface area contributed by atoms with E-state index in [2.05, 4.69) is 27.8 Å². The maximum absolute atomic E-state index is 12.4. The molecule has 0 unspecified atom stereocenters. The Hall–Kier alpha value is -3.18. The topological polar surface area (TPSA) is 46.9 Å². The number of hydrogen-bond acceptors (Lipinski definition) is 3. The second-order valence-corrected chi connectivity index (χ2v) is 6.69. The molecule has 0 saturated carbocycles. The van der Waals surface area contributed by atoms with Crippen molar-refractivity contribution in [1.82, 2.24) is 14.9 Å². The Labute approximate surface area is 155 Å². The van der Waals surface area contributed by atoms with E-state index in [1.54, 1.807) is 17.5 Å². The third kappa shape index (κ3) is 3.58. The summed E-state index contributed by atoms with van der Waals surface area (Å²) < 4.78 is 2.00. The highest BCUT2D eigenvalue weighted by Gasteiger charge is 2.07. The molecule has 4 rings (SSSR count). The molecule has 128 valence electrons. The maximum Gasteiger partial charge on any atom is 0.251 e. The summed E-state index contributed by atoms with van der Waals surface area (Å²) in [6, 6.07) is 15.6. The lowest BCUT2D eigenvalue weighted by Gasteiger charge is -2.08. The first-order chi connectivity index (χ1) is 12.8. The summed E-state index contributed by atoms with van der Waals surface area (Å²) in [6.07, 6.45) is 7.57. The summed E-state index contributed by atoms with van der Waals surface area (Å²) in [5.74, 6) is -0.0926. The van der Waals surface area contributed by atoms with Crippen molar-refractivity contribution in [3.63, 3.8) is 0 Å². The largest absolute Gasteiger partial charge is 0.348 e. The Morgan fingerprint density at radius 1 is 1.04 bits per heavy atom. The molecule has 0 bridgehead atoms. The van der Waals surface area contributed by atoms with Crippen molar-refractivity contribution in [3.05, 3.63) is 95.2 Å². The second-order valence-electron chi connectivity index (χ2n) is 5.91. The molecule has 5 heteroatoms. The van der Waals surface area contributed by atoms with Crippen LogP contribution in [0.15, 0.2) is 84.1 Å². The van der Waals surface area contributed by atoms with Crippen LogP contribution in [0.25, 0.3) is 16.8 Å². The SMILES string of the molecule is O=C(NCc1cncc(-c2ccsc2)c1)c1ccc(-n2cccc2)cc1. The van der Waals surface area contributed by atoms with E-state index in [4.69, 9.17) is 0 Å². The number of nitrogens with one attached hydrogen (secondary N) is 1. The van der Waals surface area contributed by atoms with E-state index in [1.165, 1.54) is 0 Å². The molecule has 1 N–H and O–H groups in total. The van der Waals surface area contributed by atoms with Gasteiger partial charge in [0.2, 0.25) is 0 Å². The number of pyridine rings is 1. The zero-order valence-electron chi connectivity index (χ0n) is 14.0. The van der Waals surface area contributed by atoms with E-state index >= 15 is 0 Å². The lowest BCUT2D eigenvalue weighted by molar-refractivity contribution is 0.0951. The molecule has 0 aliphatic carbocycles. The van der Waals surface area contributed by atoms with Gasteiger partial charge < -0.3 is 9.88 Å². The van der Waals surface area contributed by atoms with Crippen LogP contribution >= 0.6 is 11.3 Å². The average Bonchev–Trinajstić information content (AvgIpc) is 3.40. The van der Waals surface area contributed by atoms with Crippen molar-refractivity contribution in [1.29, 1.82) is 0 Å². The minimum Gasteiger partial charge on any atom is -0.348 e. The molecule has 4 nitrogen and oxygen atoms in total. The normalized spacial score (nSPS) is 10.6. The van der Waals surface area contributed by atoms with Crippen LogP contribution in [0.2, 0.25) is 0 Å². The predicted molar refractivity (Wildman–Crippen MR) is 104 cm³/mol. The Morgan fingerprint density at radius 3 is 2.58 bits per heavy atom. The first-order valence-electron chi connectivity index (χ1n) is 8.28. The van der Waals surface area contributed by atoms with Crippen LogP contribution in [0.4, 0.5) is 0 Å². The zero-order valence-corrected chi connectivity index (χ0v) is 14.8. The van der Waals surface area contributed by atoms with Crippen LogP contribution < -0.4 is 5.32 Å². The Morgan fingerprint density at radius 2 is 1.85 bits per heavy atom. The molecule has 0 spiro atoms. The van der Waals surface area contributed by atoms with Gasteiger partial charge in [0.25, 0.3) is 5.91 Å². The van der Waals surface area contributed by atoms with Crippen LogP contribution in [-0.2, 0) is 6.54 Å². The third-order valence-corrected chi connectivity index (χ3v) is 4.82. The summed E-state index contributed by atoms with van der Waals surface area (Å²) in [7, 11) is 0. The van der Waals surface area contributed by atoms with E-state index in [1.807, 2.05) is 64.9 Å². The number of rotatable bonds is 5. The van der Waals surface area contributed by atoms with Crippen molar-refractivity contribution < 1.29 is 4.79 Å². The number of hydrogen-bond donors (Lipinski definition) is 1. The second kappa shape index (κ2) is 7.37. The summed E-state index contributed by atoms with van der Waals surface area (Å²) in [5, 5.41) is 7.09. The number of nitrogens with zero attached hydrogens (tertiary/aromatic N) is 2. The first-order valence-corrected chi connectivity index (χ1v) is 9.22. The smallest absolute Gasteiger partial charge is 0.251 e. The number of benzene rings is 1. The van der Waals surface area contributed by atoms with Crippen molar-refractivity contribution in [2.45, 2.75) is 6.54 Å². The van der Waals surface area contributed by atoms with Crippen LogP contribution in [0.5, 0.6) is 0 Å². The van der Waals surface area contributed by atoms with Crippen molar-refractivity contribution >= 4 is 17.2 Å². The van der Waals surface area contributed by atoms with Gasteiger partial charge in [0, 0.05) is 48.1 Å². The Bertz CT molecular complexity index is 990. The van der Waals surface area contributed by atoms with Crippen LogP contribution in [0, 0.1) is 0 Å². The van der Waals surface area contributed by atoms with Crippen molar-refractivity contribution in [2.24, 2.45) is 0 Å². The molecule has 0 aliphatic heterocycles. The highest BCUT2D eigenvalue weighted by Crippen LogP contribution is 2.22. The molecule has 0 fully saturated rings. The molecule has 3 aromatic heterocycles. The van der Waals surface area contributed by atoms with Gasteiger partial charge >= 0.3 is 0 Å². The highest BCUT2D eigenvalue weighted by atomic mass is 32.1. The van der Waals surface area contributed by atoms with Gasteiger partial charge in [-0.25, -0.2) is 0 Å². The summed E-state index contributed by atoms with van der Waals surface area (Å²) >= 11 is 1.66. The van der Waals surface area contributed by atoms with E-state index in [9.17, 15) is 4.79 Å². The number of carbonyl (C=O) groups is 1. The molecule has 1 amide bonds. The quantitative estimate of drug-likeness (QED) is 0.569. The third-order valence-electron chi connectivity index (χ3n) is 4.13. The van der Waals surface area contributed by atoms with Gasteiger partial charge in [-0.1, -0.05) is 0 Å². The van der Waals surface area contributed by atoms with Gasteiger partial charge in [0.15, 0.2) is 0 Å². The van der Waals surface area contributed by atoms with Gasteiger partial charge in [-0.15, -0.1) is 0 Å². The van der Waals surface area contributed by atoms with E-state index in [-0.39, 0.29) is 5.91 Å². The molecule has 0 atom stereocenters. The highest BCUT2D eigenvalue weighted by molar-refractivity contribution is 7.08. The lowest BCUT2D eigenvalue weighted by atomic mass is 10.1. The summed E-state index contributed by atoms with van der Waals surface area (Å²) in [4.78, 5) is 16.7. The number of carbonyl (C=O) groups excluding carboxylic acids is 1. The van der Waals surface area contributed by atoms with E-state index in [0.29, 0.717) is 12.1 Å². The standard InChI is InChI=1S/C21H17N3OS/c25-21(17-3-5-20(6-4-17)24-8-1-2-9-24)23-13-16-11-19(14-22-12-16)18-7-10-26-15-18/h1-12,14-15H,13H2,(H,23,25). The van der Waals surface area contributed by atoms with Gasteiger partial charge in [-0.3, -0.25) is 9.78 Å². The minimum atomic E-state index is -0.0926. The van der Waals surface area contributed by atoms with Gasteiger partial charge in [0.05, 0.1) is 0 Å².